The van der Waals surface area contributed by atoms with Crippen molar-refractivity contribution >= 4 is 23.3 Å². The van der Waals surface area contributed by atoms with Gasteiger partial charge in [0.1, 0.15) is 5.82 Å². The maximum atomic E-state index is 12.2. The topological polar surface area (TPSA) is 71.1 Å². The number of pyridine rings is 1. The summed E-state index contributed by atoms with van der Waals surface area (Å²) in [6.45, 7) is 3.83. The van der Waals surface area contributed by atoms with Gasteiger partial charge in [-0.3, -0.25) is 9.59 Å². The molecule has 114 valence electrons. The standard InChI is InChI=1S/C17H19N3O2/c1-3-12(2)16(21)19-14-8-6-7-13(11-14)17(22)20-15-9-4-5-10-18-15/h4-12H,3H2,1-2H3,(H,19,21)(H,18,20,22)/t12-/m0/s1. The van der Waals surface area contributed by atoms with E-state index < -0.39 is 0 Å². The molecule has 0 saturated carbocycles. The van der Waals surface area contributed by atoms with Crippen LogP contribution in [-0.2, 0) is 4.79 Å². The maximum absolute atomic E-state index is 12.2. The summed E-state index contributed by atoms with van der Waals surface area (Å²) in [4.78, 5) is 28.1. The van der Waals surface area contributed by atoms with E-state index in [1.165, 1.54) is 0 Å². The Morgan fingerprint density at radius 1 is 1.14 bits per heavy atom. The number of carbonyl (C=O) groups is 2. The summed E-state index contributed by atoms with van der Waals surface area (Å²) in [6, 6.07) is 12.1. The van der Waals surface area contributed by atoms with E-state index in [0.29, 0.717) is 17.1 Å². The maximum Gasteiger partial charge on any atom is 0.256 e. The van der Waals surface area contributed by atoms with Gasteiger partial charge in [0.25, 0.3) is 5.91 Å². The molecule has 0 bridgehead atoms. The van der Waals surface area contributed by atoms with Gasteiger partial charge in [-0.05, 0) is 36.8 Å². The van der Waals surface area contributed by atoms with Crippen molar-refractivity contribution < 1.29 is 9.59 Å². The molecule has 1 aromatic carbocycles. The molecule has 5 heteroatoms. The second kappa shape index (κ2) is 7.36. The van der Waals surface area contributed by atoms with E-state index in [4.69, 9.17) is 0 Å². The highest BCUT2D eigenvalue weighted by Crippen LogP contribution is 2.14. The molecule has 2 N–H and O–H groups in total. The van der Waals surface area contributed by atoms with Crippen molar-refractivity contribution in [2.45, 2.75) is 20.3 Å². The minimum absolute atomic E-state index is 0.0511. The summed E-state index contributed by atoms with van der Waals surface area (Å²) in [5, 5.41) is 5.53. The molecular weight excluding hydrogens is 278 g/mol. The van der Waals surface area contributed by atoms with Crippen molar-refractivity contribution in [2.24, 2.45) is 5.92 Å². The zero-order valence-electron chi connectivity index (χ0n) is 12.7. The Morgan fingerprint density at radius 2 is 1.95 bits per heavy atom. The predicted octanol–water partition coefficient (Wildman–Crippen LogP) is 3.32. The molecule has 5 nitrogen and oxygen atoms in total. The van der Waals surface area contributed by atoms with Crippen LogP contribution in [0.25, 0.3) is 0 Å². The number of nitrogens with one attached hydrogen (secondary N) is 2. The Hall–Kier alpha value is -2.69. The highest BCUT2D eigenvalue weighted by molar-refractivity contribution is 6.05. The largest absolute Gasteiger partial charge is 0.326 e. The van der Waals surface area contributed by atoms with Crippen molar-refractivity contribution in [1.29, 1.82) is 0 Å². The fraction of sp³-hybridized carbons (Fsp3) is 0.235. The number of hydrogen-bond acceptors (Lipinski definition) is 3. The predicted molar refractivity (Wildman–Crippen MR) is 86.7 cm³/mol. The average molecular weight is 297 g/mol. The third kappa shape index (κ3) is 4.15. The normalized spacial score (nSPS) is 11.5. The molecule has 22 heavy (non-hydrogen) atoms. The molecule has 0 radical (unpaired) electrons. The molecule has 0 aliphatic heterocycles. The van der Waals surface area contributed by atoms with Gasteiger partial charge in [0.05, 0.1) is 0 Å². The number of benzene rings is 1. The second-order valence-corrected chi connectivity index (χ2v) is 5.05. The van der Waals surface area contributed by atoms with Crippen LogP contribution in [0.1, 0.15) is 30.6 Å². The lowest BCUT2D eigenvalue weighted by atomic mass is 10.1. The molecule has 1 heterocycles. The highest BCUT2D eigenvalue weighted by Gasteiger charge is 2.12. The molecule has 1 atom stereocenters. The number of anilines is 2. The lowest BCUT2D eigenvalue weighted by Gasteiger charge is -2.11. The number of carbonyl (C=O) groups excluding carboxylic acids is 2. The van der Waals surface area contributed by atoms with Crippen molar-refractivity contribution in [1.82, 2.24) is 4.98 Å². The van der Waals surface area contributed by atoms with E-state index in [9.17, 15) is 9.59 Å². The van der Waals surface area contributed by atoms with E-state index in [-0.39, 0.29) is 17.7 Å². The number of amides is 2. The van der Waals surface area contributed by atoms with Gasteiger partial charge in [0.2, 0.25) is 5.91 Å². The van der Waals surface area contributed by atoms with Crippen molar-refractivity contribution in [3.05, 3.63) is 54.2 Å². The molecule has 0 fully saturated rings. The second-order valence-electron chi connectivity index (χ2n) is 5.05. The van der Waals surface area contributed by atoms with E-state index in [2.05, 4.69) is 15.6 Å². The SMILES string of the molecule is CC[C@H](C)C(=O)Nc1cccc(C(=O)Nc2ccccn2)c1. The summed E-state index contributed by atoms with van der Waals surface area (Å²) in [7, 11) is 0. The number of rotatable bonds is 5. The van der Waals surface area contributed by atoms with Crippen molar-refractivity contribution in [2.75, 3.05) is 10.6 Å². The molecule has 0 unspecified atom stereocenters. The number of hydrogen-bond donors (Lipinski definition) is 2. The van der Waals surface area contributed by atoms with Gasteiger partial charge in [0, 0.05) is 23.4 Å². The Balaban J connectivity index is 2.08. The van der Waals surface area contributed by atoms with Crippen LogP contribution in [0, 0.1) is 5.92 Å². The van der Waals surface area contributed by atoms with Gasteiger partial charge in [-0.15, -0.1) is 0 Å². The first-order valence-corrected chi connectivity index (χ1v) is 7.23. The fourth-order valence-electron chi connectivity index (χ4n) is 1.81. The third-order valence-electron chi connectivity index (χ3n) is 3.36. The van der Waals surface area contributed by atoms with Crippen LogP contribution in [0.2, 0.25) is 0 Å². The molecule has 2 rings (SSSR count). The molecule has 2 aromatic rings. The average Bonchev–Trinajstić information content (AvgIpc) is 2.55. The fourth-order valence-corrected chi connectivity index (χ4v) is 1.81. The molecular formula is C17H19N3O2. The van der Waals surface area contributed by atoms with Gasteiger partial charge in [-0.1, -0.05) is 26.0 Å². The molecule has 2 amide bonds. The monoisotopic (exact) mass is 297 g/mol. The van der Waals surface area contributed by atoms with E-state index >= 15 is 0 Å². The van der Waals surface area contributed by atoms with E-state index in [1.807, 2.05) is 13.8 Å². The molecule has 1 aromatic heterocycles. The van der Waals surface area contributed by atoms with Gasteiger partial charge in [-0.25, -0.2) is 4.98 Å². The van der Waals surface area contributed by atoms with Crippen LogP contribution in [-0.4, -0.2) is 16.8 Å². The van der Waals surface area contributed by atoms with Crippen LogP contribution in [0.15, 0.2) is 48.7 Å². The first-order chi connectivity index (χ1) is 10.6. The first-order valence-electron chi connectivity index (χ1n) is 7.23. The zero-order chi connectivity index (χ0) is 15.9. The minimum atomic E-state index is -0.265. The summed E-state index contributed by atoms with van der Waals surface area (Å²) >= 11 is 0. The lowest BCUT2D eigenvalue weighted by molar-refractivity contribution is -0.119. The number of aromatic nitrogens is 1. The summed E-state index contributed by atoms with van der Waals surface area (Å²) in [5.74, 6) is 0.107. The van der Waals surface area contributed by atoms with E-state index in [1.54, 1.807) is 48.7 Å². The third-order valence-corrected chi connectivity index (χ3v) is 3.36. The van der Waals surface area contributed by atoms with Gasteiger partial charge in [0.15, 0.2) is 0 Å². The smallest absolute Gasteiger partial charge is 0.256 e. The first kappa shape index (κ1) is 15.7. The van der Waals surface area contributed by atoms with Crippen molar-refractivity contribution in [3.8, 4) is 0 Å². The van der Waals surface area contributed by atoms with E-state index in [0.717, 1.165) is 6.42 Å². The summed E-state index contributed by atoms with van der Waals surface area (Å²) < 4.78 is 0. The Bertz CT molecular complexity index is 656. The zero-order valence-corrected chi connectivity index (χ0v) is 12.7. The van der Waals surface area contributed by atoms with Crippen LogP contribution in [0.4, 0.5) is 11.5 Å². The van der Waals surface area contributed by atoms with Crippen LogP contribution >= 0.6 is 0 Å². The van der Waals surface area contributed by atoms with Crippen LogP contribution in [0.3, 0.4) is 0 Å². The molecule has 0 saturated heterocycles. The lowest BCUT2D eigenvalue weighted by Crippen LogP contribution is -2.20. The van der Waals surface area contributed by atoms with Crippen molar-refractivity contribution in [3.63, 3.8) is 0 Å². The Labute approximate surface area is 129 Å². The summed E-state index contributed by atoms with van der Waals surface area (Å²) in [5.41, 5.74) is 1.08. The molecule has 0 aliphatic carbocycles. The highest BCUT2D eigenvalue weighted by atomic mass is 16.2. The van der Waals surface area contributed by atoms with Gasteiger partial charge in [-0.2, -0.15) is 0 Å². The quantitative estimate of drug-likeness (QED) is 0.889. The van der Waals surface area contributed by atoms with Gasteiger partial charge >= 0.3 is 0 Å². The number of nitrogens with zero attached hydrogens (tertiary/aromatic N) is 1. The minimum Gasteiger partial charge on any atom is -0.326 e. The summed E-state index contributed by atoms with van der Waals surface area (Å²) in [6.07, 6.45) is 2.38. The Kier molecular flexibility index (Phi) is 5.25. The molecule has 0 aliphatic rings. The van der Waals surface area contributed by atoms with Crippen LogP contribution in [0.5, 0.6) is 0 Å². The van der Waals surface area contributed by atoms with Gasteiger partial charge < -0.3 is 10.6 Å². The van der Waals surface area contributed by atoms with Crippen LogP contribution < -0.4 is 10.6 Å². The Morgan fingerprint density at radius 3 is 2.64 bits per heavy atom. The molecule has 0 spiro atoms.